The fourth-order valence-electron chi connectivity index (χ4n) is 5.20. The molecular weight excluding hydrogens is 486 g/mol. The van der Waals surface area contributed by atoms with Crippen LogP contribution in [0.2, 0.25) is 0 Å². The largest absolute Gasteiger partial charge is 0.493 e. The molecule has 0 radical (unpaired) electrons. The number of rotatable bonds is 7. The number of Topliss-reactive ketones (excluding diaryl/α,β-unsaturated/α-hetero) is 1. The van der Waals surface area contributed by atoms with E-state index >= 15 is 0 Å². The van der Waals surface area contributed by atoms with Gasteiger partial charge < -0.3 is 19.5 Å². The van der Waals surface area contributed by atoms with Crippen molar-refractivity contribution in [3.63, 3.8) is 0 Å². The highest BCUT2D eigenvalue weighted by Gasteiger charge is 2.41. The molecule has 0 fully saturated rings. The van der Waals surface area contributed by atoms with E-state index in [0.29, 0.717) is 41.2 Å². The molecule has 2 aromatic carbocycles. The number of hydrogen-bond acceptors (Lipinski definition) is 7. The molecule has 0 saturated heterocycles. The Balaban J connectivity index is 1.55. The Bertz CT molecular complexity index is 1370. The average Bonchev–Trinajstić information content (AvgIpc) is 3.46. The SMILES string of the molecule is COc1ccc(C2C(C(=O)OCc3ccccc3)=C(C)NC3=C2C(=O)CC(c2cccs2)C3)cc1OC. The number of carbonyl (C=O) groups is 2. The first-order valence-electron chi connectivity index (χ1n) is 12.2. The highest BCUT2D eigenvalue weighted by Crippen LogP contribution is 2.47. The Labute approximate surface area is 220 Å². The van der Waals surface area contributed by atoms with Crippen LogP contribution in [0.5, 0.6) is 11.5 Å². The molecule has 1 aliphatic heterocycles. The van der Waals surface area contributed by atoms with Gasteiger partial charge >= 0.3 is 5.97 Å². The second kappa shape index (κ2) is 10.6. The lowest BCUT2D eigenvalue weighted by Crippen LogP contribution is -2.36. The molecule has 5 rings (SSSR count). The minimum Gasteiger partial charge on any atom is -0.493 e. The third kappa shape index (κ3) is 4.91. The molecule has 37 heavy (non-hydrogen) atoms. The van der Waals surface area contributed by atoms with Gasteiger partial charge in [0.05, 0.1) is 19.8 Å². The summed E-state index contributed by atoms with van der Waals surface area (Å²) in [4.78, 5) is 28.5. The van der Waals surface area contributed by atoms with Crippen LogP contribution in [-0.4, -0.2) is 26.0 Å². The van der Waals surface area contributed by atoms with Crippen molar-refractivity contribution in [1.82, 2.24) is 5.32 Å². The van der Waals surface area contributed by atoms with Crippen LogP contribution in [-0.2, 0) is 20.9 Å². The average molecular weight is 516 g/mol. The van der Waals surface area contributed by atoms with E-state index in [-0.39, 0.29) is 18.3 Å². The van der Waals surface area contributed by atoms with Gasteiger partial charge in [0.2, 0.25) is 0 Å². The summed E-state index contributed by atoms with van der Waals surface area (Å²) in [6.45, 7) is 2.02. The maximum Gasteiger partial charge on any atom is 0.337 e. The van der Waals surface area contributed by atoms with Crippen molar-refractivity contribution in [2.24, 2.45) is 0 Å². The van der Waals surface area contributed by atoms with Gasteiger partial charge in [0, 0.05) is 40.1 Å². The number of benzene rings is 2. The van der Waals surface area contributed by atoms with Crippen LogP contribution in [0.15, 0.2) is 88.6 Å². The van der Waals surface area contributed by atoms with Gasteiger partial charge in [-0.15, -0.1) is 11.3 Å². The maximum atomic E-state index is 13.7. The summed E-state index contributed by atoms with van der Waals surface area (Å²) in [7, 11) is 3.15. The number of allylic oxidation sites excluding steroid dienone is 3. The summed E-state index contributed by atoms with van der Waals surface area (Å²) in [5, 5.41) is 5.45. The van der Waals surface area contributed by atoms with Gasteiger partial charge in [-0.3, -0.25) is 4.79 Å². The highest BCUT2D eigenvalue weighted by molar-refractivity contribution is 7.10. The van der Waals surface area contributed by atoms with E-state index in [1.54, 1.807) is 31.6 Å². The third-order valence-corrected chi connectivity index (χ3v) is 7.98. The summed E-state index contributed by atoms with van der Waals surface area (Å²) in [6, 6.07) is 19.2. The number of carbonyl (C=O) groups excluding carboxylic acids is 2. The van der Waals surface area contributed by atoms with Gasteiger partial charge in [0.1, 0.15) is 6.61 Å². The first-order chi connectivity index (χ1) is 18.0. The van der Waals surface area contributed by atoms with Crippen LogP contribution >= 0.6 is 11.3 Å². The van der Waals surface area contributed by atoms with Crippen LogP contribution in [0.25, 0.3) is 0 Å². The number of methoxy groups -OCH3 is 2. The van der Waals surface area contributed by atoms with Crippen LogP contribution < -0.4 is 14.8 Å². The van der Waals surface area contributed by atoms with Gasteiger partial charge in [-0.2, -0.15) is 0 Å². The zero-order valence-electron chi connectivity index (χ0n) is 21.1. The monoisotopic (exact) mass is 515 g/mol. The van der Waals surface area contributed by atoms with Gasteiger partial charge in [0.15, 0.2) is 17.3 Å². The van der Waals surface area contributed by atoms with E-state index in [4.69, 9.17) is 14.2 Å². The molecule has 1 aliphatic carbocycles. The number of esters is 1. The summed E-state index contributed by atoms with van der Waals surface area (Å²) in [6.07, 6.45) is 1.10. The van der Waals surface area contributed by atoms with Crippen LogP contribution in [0.3, 0.4) is 0 Å². The lowest BCUT2D eigenvalue weighted by Gasteiger charge is -2.36. The van der Waals surface area contributed by atoms with Gasteiger partial charge in [-0.1, -0.05) is 42.5 Å². The van der Waals surface area contributed by atoms with Crippen molar-refractivity contribution >= 4 is 23.1 Å². The standard InChI is InChI=1S/C30H29NO5S/c1-18-27(30(33)36-17-19-8-5-4-6-9-19)28(20-11-12-24(34-2)25(16-20)35-3)29-22(31-18)14-21(15-23(29)32)26-10-7-13-37-26/h4-13,16,21,28,31H,14-15,17H2,1-3H3. The minimum atomic E-state index is -0.573. The lowest BCUT2D eigenvalue weighted by atomic mass is 9.72. The molecule has 1 aromatic heterocycles. The fourth-order valence-corrected chi connectivity index (χ4v) is 6.03. The van der Waals surface area contributed by atoms with Gasteiger partial charge in [0.25, 0.3) is 0 Å². The Morgan fingerprint density at radius 2 is 1.78 bits per heavy atom. The molecule has 3 aromatic rings. The van der Waals surface area contributed by atoms with Crippen molar-refractivity contribution in [2.75, 3.05) is 14.2 Å². The van der Waals surface area contributed by atoms with E-state index in [0.717, 1.165) is 16.8 Å². The van der Waals surface area contributed by atoms with Crippen molar-refractivity contribution in [3.05, 3.63) is 105 Å². The molecule has 0 bridgehead atoms. The number of ketones is 1. The zero-order valence-corrected chi connectivity index (χ0v) is 21.9. The van der Waals surface area contributed by atoms with Crippen molar-refractivity contribution in [3.8, 4) is 11.5 Å². The molecule has 2 aliphatic rings. The van der Waals surface area contributed by atoms with Crippen LogP contribution in [0, 0.1) is 0 Å². The van der Waals surface area contributed by atoms with E-state index in [1.807, 2.05) is 60.8 Å². The molecule has 7 heteroatoms. The minimum absolute atomic E-state index is 0.0350. The number of dihydropyridines is 1. The topological polar surface area (TPSA) is 73.9 Å². The van der Waals surface area contributed by atoms with Gasteiger partial charge in [-0.05, 0) is 48.1 Å². The molecule has 0 saturated carbocycles. The number of hydrogen-bond donors (Lipinski definition) is 1. The Morgan fingerprint density at radius 3 is 2.49 bits per heavy atom. The quantitative estimate of drug-likeness (QED) is 0.397. The molecule has 2 unspecified atom stereocenters. The van der Waals surface area contributed by atoms with Crippen LogP contribution in [0.4, 0.5) is 0 Å². The smallest absolute Gasteiger partial charge is 0.337 e. The van der Waals surface area contributed by atoms with Crippen molar-refractivity contribution in [2.45, 2.75) is 38.2 Å². The number of thiophene rings is 1. The Hall–Kier alpha value is -3.84. The molecule has 190 valence electrons. The second-order valence-corrected chi connectivity index (χ2v) is 10.2. The lowest BCUT2D eigenvalue weighted by molar-refractivity contribution is -0.140. The molecule has 0 amide bonds. The van der Waals surface area contributed by atoms with Gasteiger partial charge in [-0.25, -0.2) is 4.79 Å². The Kier molecular flexibility index (Phi) is 7.15. The zero-order chi connectivity index (χ0) is 25.9. The van der Waals surface area contributed by atoms with E-state index in [9.17, 15) is 9.59 Å². The fraction of sp³-hybridized carbons (Fsp3) is 0.267. The predicted octanol–water partition coefficient (Wildman–Crippen LogP) is 5.87. The Morgan fingerprint density at radius 1 is 1.00 bits per heavy atom. The first kappa shape index (κ1) is 24.8. The number of nitrogens with one attached hydrogen (secondary N) is 1. The first-order valence-corrected chi connectivity index (χ1v) is 13.1. The highest BCUT2D eigenvalue weighted by atomic mass is 32.1. The summed E-state index contributed by atoms with van der Waals surface area (Å²) >= 11 is 1.67. The normalized spacial score (nSPS) is 19.3. The summed E-state index contributed by atoms with van der Waals surface area (Å²) in [5.74, 6) is 0.243. The summed E-state index contributed by atoms with van der Waals surface area (Å²) in [5.41, 5.74) is 4.29. The van der Waals surface area contributed by atoms with E-state index in [1.165, 1.54) is 4.88 Å². The second-order valence-electron chi connectivity index (χ2n) is 9.21. The molecule has 2 heterocycles. The predicted molar refractivity (Wildman–Crippen MR) is 143 cm³/mol. The molecule has 0 spiro atoms. The van der Waals surface area contributed by atoms with Crippen molar-refractivity contribution < 1.29 is 23.8 Å². The molecular formula is C30H29NO5S. The molecule has 1 N–H and O–H groups in total. The maximum absolute atomic E-state index is 13.7. The van der Waals surface area contributed by atoms with Crippen LogP contribution in [0.1, 0.15) is 47.6 Å². The molecule has 2 atom stereocenters. The molecule has 6 nitrogen and oxygen atoms in total. The third-order valence-electron chi connectivity index (χ3n) is 6.95. The van der Waals surface area contributed by atoms with E-state index < -0.39 is 11.9 Å². The number of ether oxygens (including phenoxy) is 3. The van der Waals surface area contributed by atoms with E-state index in [2.05, 4.69) is 11.4 Å². The van der Waals surface area contributed by atoms with Crippen molar-refractivity contribution in [1.29, 1.82) is 0 Å². The summed E-state index contributed by atoms with van der Waals surface area (Å²) < 4.78 is 16.7.